The summed E-state index contributed by atoms with van der Waals surface area (Å²) in [6.07, 6.45) is 5.85. The van der Waals surface area contributed by atoms with Gasteiger partial charge in [-0.1, -0.05) is 20.0 Å². The molecule has 0 aliphatic carbocycles. The lowest BCUT2D eigenvalue weighted by Crippen LogP contribution is -2.61. The SMILES string of the molecule is CCC([SiH](C)C)[N+]1(CC)CCCCC1. The lowest BCUT2D eigenvalue weighted by molar-refractivity contribution is -0.943. The fourth-order valence-corrected chi connectivity index (χ4v) is 6.23. The topological polar surface area (TPSA) is 0 Å². The van der Waals surface area contributed by atoms with Gasteiger partial charge in [-0.05, 0) is 32.6 Å². The highest BCUT2D eigenvalue weighted by molar-refractivity contribution is 6.57. The van der Waals surface area contributed by atoms with Crippen LogP contribution in [0.15, 0.2) is 0 Å². The van der Waals surface area contributed by atoms with E-state index in [1.807, 2.05) is 0 Å². The van der Waals surface area contributed by atoms with Gasteiger partial charge in [0.1, 0.15) is 8.80 Å². The van der Waals surface area contributed by atoms with Gasteiger partial charge < -0.3 is 4.48 Å². The second-order valence-corrected chi connectivity index (χ2v) is 8.52. The second-order valence-electron chi connectivity index (χ2n) is 5.26. The Hall–Kier alpha value is 0.177. The molecule has 1 fully saturated rings. The predicted molar refractivity (Wildman–Crippen MR) is 67.3 cm³/mol. The van der Waals surface area contributed by atoms with Gasteiger partial charge >= 0.3 is 0 Å². The highest BCUT2D eigenvalue weighted by atomic mass is 28.3. The minimum Gasteiger partial charge on any atom is -0.325 e. The molecule has 0 aromatic rings. The number of hydrogen-bond acceptors (Lipinski definition) is 0. The van der Waals surface area contributed by atoms with E-state index in [1.165, 1.54) is 49.8 Å². The minimum absolute atomic E-state index is 0.471. The summed E-state index contributed by atoms with van der Waals surface area (Å²) in [4.78, 5) is 0. The molecule has 0 bridgehead atoms. The van der Waals surface area contributed by atoms with Crippen LogP contribution in [0.5, 0.6) is 0 Å². The van der Waals surface area contributed by atoms with Gasteiger partial charge in [0.15, 0.2) is 0 Å². The molecule has 1 nitrogen and oxygen atoms in total. The van der Waals surface area contributed by atoms with Crippen LogP contribution in [0.1, 0.15) is 39.5 Å². The van der Waals surface area contributed by atoms with E-state index in [1.54, 1.807) is 0 Å². The fraction of sp³-hybridized carbons (Fsp3) is 1.00. The van der Waals surface area contributed by atoms with E-state index in [4.69, 9.17) is 0 Å². The van der Waals surface area contributed by atoms with Crippen LogP contribution >= 0.6 is 0 Å². The number of piperidine rings is 1. The zero-order valence-corrected chi connectivity index (χ0v) is 11.7. The lowest BCUT2D eigenvalue weighted by Gasteiger charge is -2.48. The summed E-state index contributed by atoms with van der Waals surface area (Å²) in [6.45, 7) is 14.2. The number of hydrogen-bond donors (Lipinski definition) is 0. The van der Waals surface area contributed by atoms with E-state index in [0.29, 0.717) is 0 Å². The zero-order chi connectivity index (χ0) is 10.6. The molecular formula is C12H28NSi+. The van der Waals surface area contributed by atoms with Crippen molar-refractivity contribution in [1.29, 1.82) is 0 Å². The maximum absolute atomic E-state index is 2.54. The Morgan fingerprint density at radius 2 is 1.64 bits per heavy atom. The van der Waals surface area contributed by atoms with Crippen molar-refractivity contribution < 1.29 is 4.48 Å². The normalized spacial score (nSPS) is 23.8. The van der Waals surface area contributed by atoms with E-state index < -0.39 is 8.80 Å². The van der Waals surface area contributed by atoms with Crippen LogP contribution in [0.3, 0.4) is 0 Å². The quantitative estimate of drug-likeness (QED) is 0.499. The zero-order valence-electron chi connectivity index (χ0n) is 10.6. The molecule has 0 aromatic carbocycles. The first-order valence-electron chi connectivity index (χ1n) is 6.52. The molecule has 0 saturated carbocycles. The Bertz CT molecular complexity index is 162. The highest BCUT2D eigenvalue weighted by Crippen LogP contribution is 2.25. The number of rotatable bonds is 4. The van der Waals surface area contributed by atoms with E-state index in [-0.39, 0.29) is 0 Å². The summed E-state index contributed by atoms with van der Waals surface area (Å²) in [5.74, 6) is 0. The molecule has 1 aliphatic heterocycles. The van der Waals surface area contributed by atoms with Crippen LogP contribution in [-0.2, 0) is 0 Å². The average molecular weight is 214 g/mol. The van der Waals surface area contributed by atoms with Gasteiger partial charge in [-0.2, -0.15) is 0 Å². The second kappa shape index (κ2) is 5.31. The van der Waals surface area contributed by atoms with Crippen LogP contribution in [0, 0.1) is 0 Å². The maximum atomic E-state index is 2.54. The molecule has 1 heterocycles. The summed E-state index contributed by atoms with van der Waals surface area (Å²) in [6, 6.07) is 0. The van der Waals surface area contributed by atoms with Gasteiger partial charge in [-0.25, -0.2) is 0 Å². The Morgan fingerprint density at radius 3 is 2.00 bits per heavy atom. The summed E-state index contributed by atoms with van der Waals surface area (Å²) in [7, 11) is -0.471. The molecule has 1 unspecified atom stereocenters. The molecule has 84 valence electrons. The molecule has 0 spiro atoms. The van der Waals surface area contributed by atoms with Crippen molar-refractivity contribution in [2.45, 2.75) is 58.3 Å². The third-order valence-corrected chi connectivity index (χ3v) is 6.87. The Kier molecular flexibility index (Phi) is 4.65. The molecule has 1 aliphatic rings. The van der Waals surface area contributed by atoms with Crippen LogP contribution in [0.2, 0.25) is 13.1 Å². The van der Waals surface area contributed by atoms with Gasteiger partial charge in [0.25, 0.3) is 0 Å². The smallest absolute Gasteiger partial charge is 0.102 e. The predicted octanol–water partition coefficient (Wildman–Crippen LogP) is 2.81. The van der Waals surface area contributed by atoms with Crippen LogP contribution in [-0.4, -0.2) is 38.6 Å². The minimum atomic E-state index is -0.471. The third-order valence-electron chi connectivity index (χ3n) is 4.23. The molecular weight excluding hydrogens is 186 g/mol. The van der Waals surface area contributed by atoms with Crippen LogP contribution in [0.25, 0.3) is 0 Å². The van der Waals surface area contributed by atoms with Crippen molar-refractivity contribution >= 4 is 8.80 Å². The molecule has 0 aromatic heterocycles. The van der Waals surface area contributed by atoms with Gasteiger partial charge in [-0.15, -0.1) is 0 Å². The van der Waals surface area contributed by atoms with E-state index >= 15 is 0 Å². The standard InChI is InChI=1S/C12H28NSi/c1-5-12(14(3)4)13(6-2)10-8-7-9-11-13/h12,14H,5-11H2,1-4H3/q+1. The van der Waals surface area contributed by atoms with E-state index in [0.717, 1.165) is 5.67 Å². The molecule has 1 saturated heterocycles. The molecule has 1 rings (SSSR count). The first kappa shape index (κ1) is 12.2. The van der Waals surface area contributed by atoms with Crippen molar-refractivity contribution in [1.82, 2.24) is 0 Å². The Labute approximate surface area is 91.7 Å². The van der Waals surface area contributed by atoms with Crippen molar-refractivity contribution in [2.75, 3.05) is 19.6 Å². The van der Waals surface area contributed by atoms with Crippen molar-refractivity contribution in [3.63, 3.8) is 0 Å². The van der Waals surface area contributed by atoms with Crippen LogP contribution < -0.4 is 0 Å². The van der Waals surface area contributed by atoms with Gasteiger partial charge in [0.05, 0.1) is 25.3 Å². The number of likely N-dealkylation sites (tertiary alicyclic amines) is 1. The monoisotopic (exact) mass is 214 g/mol. The van der Waals surface area contributed by atoms with Gasteiger partial charge in [0, 0.05) is 0 Å². The molecule has 14 heavy (non-hydrogen) atoms. The fourth-order valence-electron chi connectivity index (χ4n) is 3.52. The van der Waals surface area contributed by atoms with E-state index in [2.05, 4.69) is 26.9 Å². The van der Waals surface area contributed by atoms with Crippen molar-refractivity contribution in [3.8, 4) is 0 Å². The molecule has 1 atom stereocenters. The summed E-state index contributed by atoms with van der Waals surface area (Å²) < 4.78 is 1.47. The first-order valence-corrected chi connectivity index (χ1v) is 9.49. The van der Waals surface area contributed by atoms with Crippen LogP contribution in [0.4, 0.5) is 0 Å². The largest absolute Gasteiger partial charge is 0.325 e. The lowest BCUT2D eigenvalue weighted by atomic mass is 10.1. The Morgan fingerprint density at radius 1 is 1.07 bits per heavy atom. The summed E-state index contributed by atoms with van der Waals surface area (Å²) in [5.41, 5.74) is 1.04. The average Bonchev–Trinajstić information content (AvgIpc) is 2.19. The van der Waals surface area contributed by atoms with Crippen molar-refractivity contribution in [3.05, 3.63) is 0 Å². The van der Waals surface area contributed by atoms with Gasteiger partial charge in [0.2, 0.25) is 0 Å². The van der Waals surface area contributed by atoms with Crippen molar-refractivity contribution in [2.24, 2.45) is 0 Å². The molecule has 2 heteroatoms. The van der Waals surface area contributed by atoms with E-state index in [9.17, 15) is 0 Å². The number of nitrogens with zero attached hydrogens (tertiary/aromatic N) is 1. The van der Waals surface area contributed by atoms with Gasteiger partial charge in [-0.3, -0.25) is 0 Å². The summed E-state index contributed by atoms with van der Waals surface area (Å²) in [5, 5.41) is 0. The maximum Gasteiger partial charge on any atom is 0.102 e. The Balaban J connectivity index is 2.74. The molecule has 0 radical (unpaired) electrons. The third kappa shape index (κ3) is 2.40. The molecule has 0 amide bonds. The first-order chi connectivity index (χ1) is 6.66. The highest BCUT2D eigenvalue weighted by Gasteiger charge is 2.37. The number of quaternary nitrogens is 1. The summed E-state index contributed by atoms with van der Waals surface area (Å²) >= 11 is 0. The molecule has 0 N–H and O–H groups in total.